The van der Waals surface area contributed by atoms with Gasteiger partial charge in [0.15, 0.2) is 0 Å². The average Bonchev–Trinajstić information content (AvgIpc) is 2.77. The van der Waals surface area contributed by atoms with E-state index in [1.165, 1.54) is 24.3 Å². The second kappa shape index (κ2) is 9.22. The molecule has 0 saturated carbocycles. The molecule has 3 aromatic rings. The molecule has 8 heteroatoms. The highest BCUT2D eigenvalue weighted by molar-refractivity contribution is 7.92. The maximum atomic E-state index is 13.3. The van der Waals surface area contributed by atoms with Crippen LogP contribution in [0.4, 0.5) is 16.2 Å². The molecule has 0 bridgehead atoms. The molecule has 2 amide bonds. The van der Waals surface area contributed by atoms with Crippen LogP contribution in [-0.4, -0.2) is 32.4 Å². The molecule has 0 aliphatic carbocycles. The molecule has 32 heavy (non-hydrogen) atoms. The lowest BCUT2D eigenvalue weighted by Crippen LogP contribution is -2.49. The van der Waals surface area contributed by atoms with Gasteiger partial charge in [-0.25, -0.2) is 13.2 Å². The van der Waals surface area contributed by atoms with Gasteiger partial charge in [0.1, 0.15) is 0 Å². The van der Waals surface area contributed by atoms with Crippen LogP contribution < -0.4 is 9.62 Å². The fourth-order valence-electron chi connectivity index (χ4n) is 3.74. The third-order valence-electron chi connectivity index (χ3n) is 5.34. The van der Waals surface area contributed by atoms with Crippen molar-refractivity contribution in [1.82, 2.24) is 4.90 Å². The first kappa shape index (κ1) is 22.2. The fourth-order valence-corrected chi connectivity index (χ4v) is 4.93. The number of hydrogen-bond donors (Lipinski definition) is 1. The second-order valence-corrected chi connectivity index (χ2v) is 9.89. The second-order valence-electron chi connectivity index (χ2n) is 7.77. The van der Waals surface area contributed by atoms with Crippen LogP contribution in [0.5, 0.6) is 0 Å². The average molecular weight is 470 g/mol. The number of halogens is 1. The molecular formula is C24H24ClN3O3S. The van der Waals surface area contributed by atoms with Crippen LogP contribution in [0.15, 0.2) is 77.7 Å². The Bertz CT molecular complexity index is 1210. The molecule has 0 spiro atoms. The van der Waals surface area contributed by atoms with E-state index in [0.29, 0.717) is 36.0 Å². The largest absolute Gasteiger partial charge is 0.324 e. The van der Waals surface area contributed by atoms with Gasteiger partial charge in [-0.05, 0) is 60.9 Å². The van der Waals surface area contributed by atoms with E-state index in [-0.39, 0.29) is 10.9 Å². The number of sulfonamides is 1. The maximum Gasteiger partial charge on any atom is 0.324 e. The van der Waals surface area contributed by atoms with Crippen molar-refractivity contribution in [2.24, 2.45) is 0 Å². The number of nitrogens with one attached hydrogen (secondary N) is 1. The monoisotopic (exact) mass is 469 g/mol. The van der Waals surface area contributed by atoms with Gasteiger partial charge in [-0.3, -0.25) is 9.62 Å². The maximum absolute atomic E-state index is 13.3. The Morgan fingerprint density at radius 1 is 0.969 bits per heavy atom. The number of urea groups is 1. The molecule has 0 atom stereocenters. The third-order valence-corrected chi connectivity index (χ3v) is 6.97. The summed E-state index contributed by atoms with van der Waals surface area (Å²) in [4.78, 5) is 16.8. The summed E-state index contributed by atoms with van der Waals surface area (Å²) in [5.74, 6) is 0. The standard InChI is InChI=1S/C24H24ClN3O3S/c1-18-8-13-23(22(16-18)26-32(30,31)21-11-9-20(25)10-12-21)28-15-5-14-27(24(28)29)17-19-6-3-2-4-7-19/h2-4,6-13,16,26H,5,14-15,17H2,1H3. The van der Waals surface area contributed by atoms with Crippen LogP contribution in [-0.2, 0) is 16.6 Å². The normalized spacial score (nSPS) is 14.5. The molecule has 3 aromatic carbocycles. The van der Waals surface area contributed by atoms with Gasteiger partial charge in [0.05, 0.1) is 16.3 Å². The van der Waals surface area contributed by atoms with Crippen molar-refractivity contribution in [2.75, 3.05) is 22.7 Å². The summed E-state index contributed by atoms with van der Waals surface area (Å²) in [6.45, 7) is 3.56. The first-order valence-corrected chi connectivity index (χ1v) is 12.2. The topological polar surface area (TPSA) is 69.7 Å². The van der Waals surface area contributed by atoms with Crippen molar-refractivity contribution in [3.63, 3.8) is 0 Å². The minimum absolute atomic E-state index is 0.102. The van der Waals surface area contributed by atoms with Crippen molar-refractivity contribution < 1.29 is 13.2 Å². The van der Waals surface area contributed by atoms with Crippen LogP contribution in [0.2, 0.25) is 5.02 Å². The van der Waals surface area contributed by atoms with E-state index in [4.69, 9.17) is 11.6 Å². The lowest BCUT2D eigenvalue weighted by atomic mass is 10.1. The van der Waals surface area contributed by atoms with E-state index in [1.54, 1.807) is 21.9 Å². The van der Waals surface area contributed by atoms with E-state index in [9.17, 15) is 13.2 Å². The zero-order chi connectivity index (χ0) is 22.7. The molecule has 1 N–H and O–H groups in total. The summed E-state index contributed by atoms with van der Waals surface area (Å²) < 4.78 is 28.6. The summed E-state index contributed by atoms with van der Waals surface area (Å²) in [5, 5.41) is 0.456. The van der Waals surface area contributed by atoms with E-state index in [1.807, 2.05) is 43.3 Å². The number of benzene rings is 3. The first-order valence-electron chi connectivity index (χ1n) is 10.3. The molecule has 0 unspecified atom stereocenters. The number of hydrogen-bond acceptors (Lipinski definition) is 3. The quantitative estimate of drug-likeness (QED) is 0.533. The van der Waals surface area contributed by atoms with E-state index >= 15 is 0 Å². The highest BCUT2D eigenvalue weighted by Crippen LogP contribution is 2.32. The van der Waals surface area contributed by atoms with Gasteiger partial charge in [0.2, 0.25) is 0 Å². The van der Waals surface area contributed by atoms with Gasteiger partial charge < -0.3 is 4.90 Å². The Kier molecular flexibility index (Phi) is 6.39. The SMILES string of the molecule is Cc1ccc(N2CCCN(Cc3ccccc3)C2=O)c(NS(=O)(=O)c2ccc(Cl)cc2)c1. The summed E-state index contributed by atoms with van der Waals surface area (Å²) in [6.07, 6.45) is 0.788. The molecule has 1 heterocycles. The molecule has 0 radical (unpaired) electrons. The molecule has 1 aliphatic heterocycles. The van der Waals surface area contributed by atoms with Crippen LogP contribution in [0, 0.1) is 6.92 Å². The summed E-state index contributed by atoms with van der Waals surface area (Å²) in [6, 6.07) is 21.1. The molecule has 6 nitrogen and oxygen atoms in total. The van der Waals surface area contributed by atoms with Crippen molar-refractivity contribution in [3.05, 3.63) is 88.9 Å². The number of nitrogens with zero attached hydrogens (tertiary/aromatic N) is 2. The smallest absolute Gasteiger partial charge is 0.320 e. The third kappa shape index (κ3) is 4.89. The van der Waals surface area contributed by atoms with Crippen LogP contribution >= 0.6 is 11.6 Å². The molecule has 1 saturated heterocycles. The first-order chi connectivity index (χ1) is 15.3. The summed E-state index contributed by atoms with van der Waals surface area (Å²) in [7, 11) is -3.85. The Labute approximate surface area is 193 Å². The number of rotatable bonds is 6. The Morgan fingerprint density at radius 3 is 2.41 bits per heavy atom. The summed E-state index contributed by atoms with van der Waals surface area (Å²) >= 11 is 5.89. The van der Waals surface area contributed by atoms with Crippen molar-refractivity contribution in [3.8, 4) is 0 Å². The van der Waals surface area contributed by atoms with Crippen molar-refractivity contribution in [2.45, 2.75) is 24.8 Å². The van der Waals surface area contributed by atoms with Crippen LogP contribution in [0.25, 0.3) is 0 Å². The van der Waals surface area contributed by atoms with E-state index in [2.05, 4.69) is 4.72 Å². The number of amides is 2. The predicted molar refractivity (Wildman–Crippen MR) is 128 cm³/mol. The lowest BCUT2D eigenvalue weighted by Gasteiger charge is -2.36. The molecular weight excluding hydrogens is 446 g/mol. The Balaban J connectivity index is 1.62. The van der Waals surface area contributed by atoms with Gasteiger partial charge in [-0.1, -0.05) is 48.0 Å². The summed E-state index contributed by atoms with van der Waals surface area (Å²) in [5.41, 5.74) is 2.84. The number of aryl methyl sites for hydroxylation is 1. The minimum atomic E-state index is -3.85. The van der Waals surface area contributed by atoms with Gasteiger partial charge >= 0.3 is 6.03 Å². The number of carbonyl (C=O) groups is 1. The highest BCUT2D eigenvalue weighted by Gasteiger charge is 2.29. The van der Waals surface area contributed by atoms with Gasteiger partial charge in [0, 0.05) is 24.7 Å². The highest BCUT2D eigenvalue weighted by atomic mass is 35.5. The van der Waals surface area contributed by atoms with Crippen LogP contribution in [0.1, 0.15) is 17.5 Å². The fraction of sp³-hybridized carbons (Fsp3) is 0.208. The molecule has 166 valence electrons. The molecule has 1 aliphatic rings. The van der Waals surface area contributed by atoms with E-state index < -0.39 is 10.0 Å². The van der Waals surface area contributed by atoms with Crippen LogP contribution in [0.3, 0.4) is 0 Å². The molecule has 1 fully saturated rings. The number of carbonyl (C=O) groups excluding carboxylic acids is 1. The lowest BCUT2D eigenvalue weighted by molar-refractivity contribution is 0.192. The zero-order valence-electron chi connectivity index (χ0n) is 17.7. The predicted octanol–water partition coefficient (Wildman–Crippen LogP) is 5.28. The van der Waals surface area contributed by atoms with Crippen molar-refractivity contribution in [1.29, 1.82) is 0 Å². The van der Waals surface area contributed by atoms with Crippen molar-refractivity contribution >= 4 is 39.0 Å². The van der Waals surface area contributed by atoms with Gasteiger partial charge in [-0.2, -0.15) is 0 Å². The minimum Gasteiger partial charge on any atom is -0.320 e. The number of anilines is 2. The Morgan fingerprint density at radius 2 is 1.69 bits per heavy atom. The molecule has 0 aromatic heterocycles. The van der Waals surface area contributed by atoms with Gasteiger partial charge in [-0.15, -0.1) is 0 Å². The van der Waals surface area contributed by atoms with E-state index in [0.717, 1.165) is 17.5 Å². The Hall–Kier alpha value is -3.03. The van der Waals surface area contributed by atoms with Gasteiger partial charge in [0.25, 0.3) is 10.0 Å². The zero-order valence-corrected chi connectivity index (χ0v) is 19.2. The molecule has 4 rings (SSSR count).